The van der Waals surface area contributed by atoms with Crippen molar-refractivity contribution >= 4 is 6.29 Å². The van der Waals surface area contributed by atoms with Gasteiger partial charge < -0.3 is 4.79 Å². The lowest BCUT2D eigenvalue weighted by molar-refractivity contribution is -0.113. The maximum atomic E-state index is 10.8. The Hall–Kier alpha value is -0.840. The first-order valence-electron chi connectivity index (χ1n) is 4.69. The number of hydrogen-bond acceptors (Lipinski definition) is 2. The highest BCUT2D eigenvalue weighted by atomic mass is 16.1. The molecule has 0 N–H and O–H groups in total. The van der Waals surface area contributed by atoms with Crippen LogP contribution in [0.25, 0.3) is 0 Å². The molecule has 0 aromatic heterocycles. The molecule has 0 saturated heterocycles. The van der Waals surface area contributed by atoms with Crippen molar-refractivity contribution in [1.29, 1.82) is 5.26 Å². The first-order chi connectivity index (χ1) is 5.86. The van der Waals surface area contributed by atoms with Gasteiger partial charge in [-0.1, -0.05) is 0 Å². The first kappa shape index (κ1) is 7.79. The molecule has 0 heterocycles. The summed E-state index contributed by atoms with van der Waals surface area (Å²) in [5, 5.41) is 8.60. The second-order valence-electron chi connectivity index (χ2n) is 4.07. The molecule has 0 unspecified atom stereocenters. The van der Waals surface area contributed by atoms with Crippen molar-refractivity contribution in [2.45, 2.75) is 25.7 Å². The van der Waals surface area contributed by atoms with E-state index in [0.29, 0.717) is 24.2 Å². The minimum Gasteiger partial charge on any atom is -0.303 e. The van der Waals surface area contributed by atoms with Gasteiger partial charge >= 0.3 is 0 Å². The van der Waals surface area contributed by atoms with Gasteiger partial charge in [-0.25, -0.2) is 0 Å². The lowest BCUT2D eigenvalue weighted by Crippen LogP contribution is -2.23. The predicted molar refractivity (Wildman–Crippen MR) is 44.1 cm³/mol. The zero-order chi connectivity index (χ0) is 8.55. The predicted octanol–water partition coefficient (Wildman–Crippen LogP) is 1.76. The topological polar surface area (TPSA) is 40.9 Å². The summed E-state index contributed by atoms with van der Waals surface area (Å²) >= 11 is 0. The van der Waals surface area contributed by atoms with Crippen molar-refractivity contribution in [3.8, 4) is 6.07 Å². The van der Waals surface area contributed by atoms with Crippen molar-refractivity contribution in [2.75, 3.05) is 0 Å². The smallest absolute Gasteiger partial charge is 0.123 e. The third-order valence-corrected chi connectivity index (χ3v) is 3.64. The van der Waals surface area contributed by atoms with Gasteiger partial charge in [-0.2, -0.15) is 5.26 Å². The second kappa shape index (κ2) is 2.90. The molecule has 0 aliphatic heterocycles. The van der Waals surface area contributed by atoms with Crippen LogP contribution in [-0.4, -0.2) is 6.29 Å². The van der Waals surface area contributed by atoms with E-state index in [1.807, 2.05) is 0 Å². The van der Waals surface area contributed by atoms with Crippen LogP contribution < -0.4 is 0 Å². The van der Waals surface area contributed by atoms with Crippen molar-refractivity contribution in [1.82, 2.24) is 0 Å². The van der Waals surface area contributed by atoms with Gasteiger partial charge in [0, 0.05) is 12.3 Å². The van der Waals surface area contributed by atoms with E-state index < -0.39 is 0 Å². The van der Waals surface area contributed by atoms with Gasteiger partial charge in [0.25, 0.3) is 0 Å². The molecular weight excluding hydrogens is 150 g/mol. The molecule has 0 aromatic carbocycles. The summed E-state index contributed by atoms with van der Waals surface area (Å²) in [5.41, 5.74) is 0. The summed E-state index contributed by atoms with van der Waals surface area (Å²) < 4.78 is 0. The quantitative estimate of drug-likeness (QED) is 0.582. The molecule has 2 bridgehead atoms. The van der Waals surface area contributed by atoms with Crippen LogP contribution in [0.4, 0.5) is 0 Å². The molecule has 4 atom stereocenters. The fraction of sp³-hybridized carbons (Fsp3) is 0.800. The highest BCUT2D eigenvalue weighted by Crippen LogP contribution is 2.52. The number of aldehydes is 1. The molecule has 2 rings (SSSR count). The molecule has 0 radical (unpaired) electrons. The van der Waals surface area contributed by atoms with E-state index >= 15 is 0 Å². The van der Waals surface area contributed by atoms with Crippen molar-refractivity contribution in [2.24, 2.45) is 23.7 Å². The van der Waals surface area contributed by atoms with E-state index in [1.54, 1.807) is 0 Å². The number of nitrogens with zero attached hydrogens (tertiary/aromatic N) is 1. The Balaban J connectivity index is 2.12. The van der Waals surface area contributed by atoms with Gasteiger partial charge in [0.15, 0.2) is 0 Å². The lowest BCUT2D eigenvalue weighted by atomic mass is 9.79. The van der Waals surface area contributed by atoms with Crippen LogP contribution in [0.5, 0.6) is 0 Å². The molecule has 2 saturated carbocycles. The van der Waals surface area contributed by atoms with Crippen molar-refractivity contribution < 1.29 is 4.79 Å². The van der Waals surface area contributed by atoms with Gasteiger partial charge in [0.1, 0.15) is 6.29 Å². The lowest BCUT2D eigenvalue weighted by Gasteiger charge is -2.24. The fourth-order valence-corrected chi connectivity index (χ4v) is 3.08. The van der Waals surface area contributed by atoms with Gasteiger partial charge in [-0.15, -0.1) is 0 Å². The summed E-state index contributed by atoms with van der Waals surface area (Å²) in [6, 6.07) is 2.20. The minimum atomic E-state index is 0.211. The van der Waals surface area contributed by atoms with Crippen LogP contribution in [0.3, 0.4) is 0 Å². The van der Waals surface area contributed by atoms with Gasteiger partial charge in [0.05, 0.1) is 6.07 Å². The zero-order valence-electron chi connectivity index (χ0n) is 7.07. The molecule has 0 spiro atoms. The largest absolute Gasteiger partial charge is 0.303 e. The van der Waals surface area contributed by atoms with E-state index in [9.17, 15) is 4.79 Å². The highest BCUT2D eigenvalue weighted by Gasteiger charge is 2.46. The third-order valence-electron chi connectivity index (χ3n) is 3.64. The molecule has 12 heavy (non-hydrogen) atoms. The van der Waals surface area contributed by atoms with Crippen LogP contribution in [0.1, 0.15) is 25.7 Å². The molecule has 0 amide bonds. The summed E-state index contributed by atoms with van der Waals surface area (Å²) in [7, 11) is 0. The molecule has 2 nitrogen and oxygen atoms in total. The van der Waals surface area contributed by atoms with Crippen LogP contribution in [0, 0.1) is 35.0 Å². The van der Waals surface area contributed by atoms with Gasteiger partial charge in [-0.3, -0.25) is 0 Å². The fourth-order valence-electron chi connectivity index (χ4n) is 3.08. The van der Waals surface area contributed by atoms with E-state index in [1.165, 1.54) is 19.3 Å². The molecular formula is C10H13NO. The van der Waals surface area contributed by atoms with E-state index in [0.717, 1.165) is 6.29 Å². The van der Waals surface area contributed by atoms with Crippen LogP contribution in [0.2, 0.25) is 0 Å². The summed E-state index contributed by atoms with van der Waals surface area (Å²) in [6.45, 7) is 0. The standard InChI is InChI=1S/C10H13NO/c11-4-3-9-7-1-2-8(5-7)10(9)6-12/h6-10H,1-3,5H2/t7-,8+,9-,10-/m1/s1. The Bertz CT molecular complexity index is 230. The Morgan fingerprint density at radius 1 is 1.42 bits per heavy atom. The Kier molecular flexibility index (Phi) is 1.88. The Labute approximate surface area is 72.6 Å². The van der Waals surface area contributed by atoms with Crippen LogP contribution >= 0.6 is 0 Å². The first-order valence-corrected chi connectivity index (χ1v) is 4.69. The number of nitriles is 1. The molecule has 2 aliphatic rings. The number of rotatable bonds is 2. The molecule has 2 heteroatoms. The second-order valence-corrected chi connectivity index (χ2v) is 4.07. The van der Waals surface area contributed by atoms with Crippen molar-refractivity contribution in [3.05, 3.63) is 0 Å². The van der Waals surface area contributed by atoms with Crippen LogP contribution in [-0.2, 0) is 4.79 Å². The van der Waals surface area contributed by atoms with Crippen LogP contribution in [0.15, 0.2) is 0 Å². The Morgan fingerprint density at radius 3 is 2.83 bits per heavy atom. The summed E-state index contributed by atoms with van der Waals surface area (Å²) in [4.78, 5) is 10.8. The Morgan fingerprint density at radius 2 is 2.17 bits per heavy atom. The van der Waals surface area contributed by atoms with Gasteiger partial charge in [0.2, 0.25) is 0 Å². The summed E-state index contributed by atoms with van der Waals surface area (Å²) in [5.74, 6) is 1.91. The van der Waals surface area contributed by atoms with E-state index in [2.05, 4.69) is 6.07 Å². The van der Waals surface area contributed by atoms with E-state index in [-0.39, 0.29) is 5.92 Å². The molecule has 64 valence electrons. The SMILES string of the molecule is N#CC[C@@H]1[C@@H]2CC[C@@H](C2)[C@H]1C=O. The van der Waals surface area contributed by atoms with E-state index in [4.69, 9.17) is 5.26 Å². The van der Waals surface area contributed by atoms with Crippen molar-refractivity contribution in [3.63, 3.8) is 0 Å². The average Bonchev–Trinajstić information content (AvgIpc) is 2.64. The molecule has 0 aromatic rings. The zero-order valence-corrected chi connectivity index (χ0v) is 7.07. The summed E-state index contributed by atoms with van der Waals surface area (Å²) in [6.07, 6.45) is 5.35. The van der Waals surface area contributed by atoms with Gasteiger partial charge in [-0.05, 0) is 37.0 Å². The number of hydrogen-bond donors (Lipinski definition) is 0. The number of carbonyl (C=O) groups excluding carboxylic acids is 1. The minimum absolute atomic E-state index is 0.211. The average molecular weight is 163 g/mol. The number of carbonyl (C=O) groups is 1. The maximum Gasteiger partial charge on any atom is 0.123 e. The monoisotopic (exact) mass is 163 g/mol. The number of fused-ring (bicyclic) bond motifs is 2. The molecule has 2 aliphatic carbocycles. The third kappa shape index (κ3) is 0.964. The normalized spacial score (nSPS) is 44.2. The maximum absolute atomic E-state index is 10.8. The molecule has 2 fully saturated rings. The highest BCUT2D eigenvalue weighted by molar-refractivity contribution is 5.56.